The lowest BCUT2D eigenvalue weighted by atomic mass is 10.0. The minimum atomic E-state index is -5.08. The van der Waals surface area contributed by atoms with Gasteiger partial charge in [-0.3, -0.25) is 4.79 Å². The number of amides is 1. The van der Waals surface area contributed by atoms with Gasteiger partial charge in [0.2, 0.25) is 0 Å². The Morgan fingerprint density at radius 2 is 1.68 bits per heavy atom. The number of anilines is 2. The fourth-order valence-electron chi connectivity index (χ4n) is 2.87. The number of hydrogen-bond acceptors (Lipinski definition) is 6. The molecular weight excluding hydrogens is 435 g/mol. The highest BCUT2D eigenvalue weighted by molar-refractivity contribution is 7.22. The van der Waals surface area contributed by atoms with Crippen LogP contribution in [0.25, 0.3) is 10.2 Å². The van der Waals surface area contributed by atoms with Crippen LogP contribution in [0.5, 0.6) is 5.75 Å². The van der Waals surface area contributed by atoms with E-state index >= 15 is 0 Å². The molecule has 3 rings (SSSR count). The Bertz CT molecular complexity index is 1120. The summed E-state index contributed by atoms with van der Waals surface area (Å²) in [5, 5.41) is 10.6. The number of rotatable bonds is 3. The summed E-state index contributed by atoms with van der Waals surface area (Å²) in [4.78, 5) is 25.9. The molecule has 0 saturated heterocycles. The second-order valence-electron chi connectivity index (χ2n) is 6.61. The molecule has 2 aromatic carbocycles. The maximum atomic E-state index is 12.7. The average molecular weight is 455 g/mol. The van der Waals surface area contributed by atoms with Gasteiger partial charge in [0.25, 0.3) is 5.91 Å². The van der Waals surface area contributed by atoms with Gasteiger partial charge in [-0.25, -0.2) is 9.78 Å². The number of carbonyl (C=O) groups excluding carboxylic acids is 1. The fraction of sp³-hybridized carbons (Fsp3) is 0.250. The van der Waals surface area contributed by atoms with Crippen LogP contribution in [0.15, 0.2) is 24.3 Å². The Kier molecular flexibility index (Phi) is 7.11. The third-order valence-electron chi connectivity index (χ3n) is 4.12. The number of halogens is 3. The molecule has 0 saturated carbocycles. The first-order chi connectivity index (χ1) is 14.3. The van der Waals surface area contributed by atoms with E-state index in [9.17, 15) is 18.0 Å². The van der Waals surface area contributed by atoms with E-state index in [2.05, 4.69) is 22.4 Å². The second kappa shape index (κ2) is 9.21. The van der Waals surface area contributed by atoms with Crippen molar-refractivity contribution in [3.63, 3.8) is 0 Å². The molecule has 7 nitrogen and oxygen atoms in total. The summed E-state index contributed by atoms with van der Waals surface area (Å²) in [6.45, 7) is 6.02. The summed E-state index contributed by atoms with van der Waals surface area (Å²) in [5.74, 6) is -2.40. The van der Waals surface area contributed by atoms with Gasteiger partial charge >= 0.3 is 12.1 Å². The Balaban J connectivity index is 0.000000423. The van der Waals surface area contributed by atoms with Gasteiger partial charge in [-0.15, -0.1) is 0 Å². The number of nitrogens with one attached hydrogen (secondary N) is 1. The molecule has 0 fully saturated rings. The van der Waals surface area contributed by atoms with Crippen molar-refractivity contribution >= 4 is 44.2 Å². The van der Waals surface area contributed by atoms with Gasteiger partial charge in [0, 0.05) is 11.3 Å². The monoisotopic (exact) mass is 455 g/mol. The summed E-state index contributed by atoms with van der Waals surface area (Å²) in [7, 11) is 1.56. The van der Waals surface area contributed by atoms with Crippen LogP contribution in [-0.4, -0.2) is 35.3 Å². The molecule has 0 radical (unpaired) electrons. The first kappa shape index (κ1) is 23.9. The number of methoxy groups -OCH3 is 1. The molecule has 166 valence electrons. The van der Waals surface area contributed by atoms with E-state index < -0.39 is 12.1 Å². The van der Waals surface area contributed by atoms with Crippen LogP contribution in [0.4, 0.5) is 24.0 Å². The molecular formula is C20H20F3N3O4S. The highest BCUT2D eigenvalue weighted by Gasteiger charge is 2.38. The van der Waals surface area contributed by atoms with Crippen molar-refractivity contribution in [3.05, 3.63) is 46.5 Å². The number of aromatic nitrogens is 1. The van der Waals surface area contributed by atoms with Gasteiger partial charge in [0.15, 0.2) is 5.13 Å². The van der Waals surface area contributed by atoms with Gasteiger partial charge in [0.05, 0.1) is 11.8 Å². The molecule has 1 heterocycles. The molecule has 0 unspecified atom stereocenters. The van der Waals surface area contributed by atoms with Crippen LogP contribution in [-0.2, 0) is 4.79 Å². The van der Waals surface area contributed by atoms with Crippen molar-refractivity contribution in [2.45, 2.75) is 26.9 Å². The number of alkyl halides is 3. The number of nitrogens with two attached hydrogens (primary N) is 1. The summed E-state index contributed by atoms with van der Waals surface area (Å²) in [5.41, 5.74) is 11.1. The second-order valence-corrected chi connectivity index (χ2v) is 7.67. The number of hydrogen-bond donors (Lipinski definition) is 3. The zero-order valence-electron chi connectivity index (χ0n) is 17.0. The molecule has 0 atom stereocenters. The highest BCUT2D eigenvalue weighted by Crippen LogP contribution is 2.33. The van der Waals surface area contributed by atoms with Crippen LogP contribution in [0, 0.1) is 20.8 Å². The maximum Gasteiger partial charge on any atom is 0.490 e. The first-order valence-electron chi connectivity index (χ1n) is 8.76. The fourth-order valence-corrected chi connectivity index (χ4v) is 3.66. The van der Waals surface area contributed by atoms with E-state index in [0.717, 1.165) is 21.5 Å². The Hall–Kier alpha value is -3.34. The predicted octanol–water partition coefficient (Wildman–Crippen LogP) is 4.70. The molecule has 0 aliphatic rings. The lowest BCUT2D eigenvalue weighted by Gasteiger charge is -2.13. The quantitative estimate of drug-likeness (QED) is 0.528. The van der Waals surface area contributed by atoms with Crippen LogP contribution in [0.3, 0.4) is 0 Å². The minimum Gasteiger partial charge on any atom is -0.494 e. The molecule has 1 amide bonds. The summed E-state index contributed by atoms with van der Waals surface area (Å²) in [6.07, 6.45) is -5.08. The minimum absolute atomic E-state index is 0.183. The number of benzene rings is 2. The first-order valence-corrected chi connectivity index (χ1v) is 9.58. The number of ether oxygens (including phenoxy) is 1. The lowest BCUT2D eigenvalue weighted by molar-refractivity contribution is -0.192. The molecule has 0 spiro atoms. The van der Waals surface area contributed by atoms with Crippen molar-refractivity contribution in [3.8, 4) is 5.75 Å². The Labute approximate surface area is 179 Å². The molecule has 3 aromatic rings. The number of aryl methyl sites for hydroxylation is 3. The molecule has 31 heavy (non-hydrogen) atoms. The highest BCUT2D eigenvalue weighted by atomic mass is 32.1. The number of carboxylic acid groups (broad SMARTS) is 1. The molecule has 0 aliphatic heterocycles. The topological polar surface area (TPSA) is 115 Å². The molecule has 11 heteroatoms. The van der Waals surface area contributed by atoms with Gasteiger partial charge in [-0.2, -0.15) is 13.2 Å². The zero-order valence-corrected chi connectivity index (χ0v) is 17.9. The number of aliphatic carboxylic acids is 1. The summed E-state index contributed by atoms with van der Waals surface area (Å²) >= 11 is 1.33. The maximum absolute atomic E-state index is 12.7. The van der Waals surface area contributed by atoms with Crippen molar-refractivity contribution in [1.82, 2.24) is 4.98 Å². The van der Waals surface area contributed by atoms with Crippen molar-refractivity contribution in [2.75, 3.05) is 18.2 Å². The average Bonchev–Trinajstić information content (AvgIpc) is 3.03. The molecule has 0 bridgehead atoms. The van der Waals surface area contributed by atoms with Gasteiger partial charge in [0.1, 0.15) is 11.3 Å². The number of carbonyl (C=O) groups is 2. The normalized spacial score (nSPS) is 10.9. The number of nitrogen functional groups attached to an aromatic ring is 1. The van der Waals surface area contributed by atoms with Gasteiger partial charge in [-0.1, -0.05) is 29.0 Å². The Morgan fingerprint density at radius 1 is 1.13 bits per heavy atom. The standard InChI is InChI=1S/C18H19N3O2S.C2HF3O2/c1-9-5-10(2)15(11(3)6-9)20-17(22)12-7-13(23-4)16-14(8-12)24-18(19)21-16;3-2(4,5)1(6)7/h5-8H,1-4H3,(H2,19,21)(H,20,22);(H,6,7). The number of nitrogens with zero attached hydrogens (tertiary/aromatic N) is 1. The predicted molar refractivity (Wildman–Crippen MR) is 113 cm³/mol. The largest absolute Gasteiger partial charge is 0.494 e. The van der Waals surface area contributed by atoms with Crippen LogP contribution in [0.2, 0.25) is 0 Å². The van der Waals surface area contributed by atoms with Gasteiger partial charge < -0.3 is 20.9 Å². The number of thiazole rings is 1. The zero-order chi connectivity index (χ0) is 23.5. The number of carboxylic acids is 1. The molecule has 4 N–H and O–H groups in total. The summed E-state index contributed by atoms with van der Waals surface area (Å²) in [6, 6.07) is 7.59. The van der Waals surface area contributed by atoms with E-state index in [4.69, 9.17) is 20.4 Å². The van der Waals surface area contributed by atoms with Crippen LogP contribution >= 0.6 is 11.3 Å². The van der Waals surface area contributed by atoms with E-state index in [-0.39, 0.29) is 5.91 Å². The van der Waals surface area contributed by atoms with E-state index in [1.165, 1.54) is 16.9 Å². The third kappa shape index (κ3) is 5.85. The van der Waals surface area contributed by atoms with Crippen molar-refractivity contribution in [2.24, 2.45) is 0 Å². The van der Waals surface area contributed by atoms with Crippen molar-refractivity contribution in [1.29, 1.82) is 0 Å². The van der Waals surface area contributed by atoms with Crippen LogP contribution in [0.1, 0.15) is 27.0 Å². The van der Waals surface area contributed by atoms with Crippen molar-refractivity contribution < 1.29 is 32.6 Å². The van der Waals surface area contributed by atoms with E-state index in [0.29, 0.717) is 22.0 Å². The Morgan fingerprint density at radius 3 is 2.16 bits per heavy atom. The van der Waals surface area contributed by atoms with Crippen LogP contribution < -0.4 is 15.8 Å². The smallest absolute Gasteiger partial charge is 0.490 e. The van der Waals surface area contributed by atoms with Gasteiger partial charge in [-0.05, 0) is 44.0 Å². The number of fused-ring (bicyclic) bond motifs is 1. The third-order valence-corrected chi connectivity index (χ3v) is 4.95. The lowest BCUT2D eigenvalue weighted by Crippen LogP contribution is -2.21. The summed E-state index contributed by atoms with van der Waals surface area (Å²) < 4.78 is 37.9. The molecule has 1 aromatic heterocycles. The molecule has 0 aliphatic carbocycles. The van der Waals surface area contributed by atoms with E-state index in [1.807, 2.05) is 20.8 Å². The van der Waals surface area contributed by atoms with E-state index in [1.54, 1.807) is 19.2 Å². The SMILES string of the molecule is COc1cc(C(=O)Nc2c(C)cc(C)cc2C)cc2sc(N)nc12.O=C(O)C(F)(F)F.